The number of thiophene rings is 2. The molecule has 2 aromatic rings. The van der Waals surface area contributed by atoms with Crippen LogP contribution in [0.5, 0.6) is 0 Å². The van der Waals surface area contributed by atoms with Gasteiger partial charge in [0.2, 0.25) is 0 Å². The number of hydrogen-bond acceptors (Lipinski definition) is 3. The van der Waals surface area contributed by atoms with Gasteiger partial charge in [0.1, 0.15) is 0 Å². The van der Waals surface area contributed by atoms with Crippen LogP contribution < -0.4 is 5.32 Å². The fraction of sp³-hybridized carbons (Fsp3) is 0.333. The fourth-order valence-electron chi connectivity index (χ4n) is 1.61. The Morgan fingerprint density at radius 1 is 1.53 bits per heavy atom. The molecular weight excluding hydrogens is 222 g/mol. The second-order valence-electron chi connectivity index (χ2n) is 3.38. The lowest BCUT2D eigenvalue weighted by Crippen LogP contribution is -2.14. The van der Waals surface area contributed by atoms with Gasteiger partial charge in [0.15, 0.2) is 0 Å². The standard InChI is InChI=1S/C12H13NS2/c1-3-4-5-9(13-2)11-8-12-10(15-11)6-7-14-12/h1,6-9,13H,4-5H2,2H3. The summed E-state index contributed by atoms with van der Waals surface area (Å²) >= 11 is 3.67. The minimum absolute atomic E-state index is 0.408. The van der Waals surface area contributed by atoms with E-state index in [1.165, 1.54) is 14.3 Å². The summed E-state index contributed by atoms with van der Waals surface area (Å²) in [6, 6.07) is 4.87. The third kappa shape index (κ3) is 2.23. The maximum absolute atomic E-state index is 5.29. The first-order chi connectivity index (χ1) is 7.35. The minimum Gasteiger partial charge on any atom is -0.312 e. The first-order valence-electron chi connectivity index (χ1n) is 4.93. The normalized spacial score (nSPS) is 12.8. The van der Waals surface area contributed by atoms with E-state index in [1.54, 1.807) is 11.3 Å². The van der Waals surface area contributed by atoms with E-state index in [0.29, 0.717) is 6.04 Å². The molecule has 1 N–H and O–H groups in total. The highest BCUT2D eigenvalue weighted by atomic mass is 32.1. The molecular formula is C12H13NS2. The Morgan fingerprint density at radius 3 is 3.07 bits per heavy atom. The molecule has 0 saturated heterocycles. The summed E-state index contributed by atoms with van der Waals surface area (Å²) in [5.74, 6) is 2.70. The van der Waals surface area contributed by atoms with Crippen molar-refractivity contribution in [3.05, 3.63) is 22.4 Å². The monoisotopic (exact) mass is 235 g/mol. The molecule has 0 amide bonds. The summed E-state index contributed by atoms with van der Waals surface area (Å²) in [4.78, 5) is 1.40. The average Bonchev–Trinajstić information content (AvgIpc) is 2.79. The van der Waals surface area contributed by atoms with E-state index in [2.05, 4.69) is 28.8 Å². The van der Waals surface area contributed by atoms with Gasteiger partial charge >= 0.3 is 0 Å². The molecule has 2 rings (SSSR count). The van der Waals surface area contributed by atoms with Gasteiger partial charge in [-0.25, -0.2) is 0 Å². The van der Waals surface area contributed by atoms with Gasteiger partial charge in [0.25, 0.3) is 0 Å². The zero-order valence-corrected chi connectivity index (χ0v) is 10.3. The third-order valence-corrected chi connectivity index (χ3v) is 4.63. The molecule has 0 radical (unpaired) electrons. The number of hydrogen-bond donors (Lipinski definition) is 1. The second-order valence-corrected chi connectivity index (χ2v) is 5.44. The van der Waals surface area contributed by atoms with Crippen molar-refractivity contribution in [3.8, 4) is 12.3 Å². The zero-order valence-electron chi connectivity index (χ0n) is 8.62. The van der Waals surface area contributed by atoms with Crippen molar-refractivity contribution in [3.63, 3.8) is 0 Å². The Balaban J connectivity index is 2.21. The lowest BCUT2D eigenvalue weighted by atomic mass is 10.1. The highest BCUT2D eigenvalue weighted by Gasteiger charge is 2.12. The molecule has 3 heteroatoms. The van der Waals surface area contributed by atoms with Crippen molar-refractivity contribution < 1.29 is 0 Å². The van der Waals surface area contributed by atoms with Crippen LogP contribution in [-0.2, 0) is 0 Å². The van der Waals surface area contributed by atoms with Gasteiger partial charge in [-0.3, -0.25) is 0 Å². The number of fused-ring (bicyclic) bond motifs is 1. The summed E-state index contributed by atoms with van der Waals surface area (Å²) < 4.78 is 2.77. The van der Waals surface area contributed by atoms with Gasteiger partial charge in [0, 0.05) is 26.7 Å². The van der Waals surface area contributed by atoms with Gasteiger partial charge in [0.05, 0.1) is 0 Å². The van der Waals surface area contributed by atoms with Crippen molar-refractivity contribution in [1.29, 1.82) is 0 Å². The molecule has 2 heterocycles. The molecule has 0 aliphatic heterocycles. The second kappa shape index (κ2) is 4.80. The van der Waals surface area contributed by atoms with Gasteiger partial charge in [-0.15, -0.1) is 35.0 Å². The Kier molecular flexibility index (Phi) is 3.42. The summed E-state index contributed by atoms with van der Waals surface area (Å²) in [6.45, 7) is 0. The first kappa shape index (κ1) is 10.7. The van der Waals surface area contributed by atoms with Crippen LogP contribution in [0.4, 0.5) is 0 Å². The smallest absolute Gasteiger partial charge is 0.0454 e. The molecule has 0 fully saturated rings. The predicted molar refractivity (Wildman–Crippen MR) is 69.6 cm³/mol. The van der Waals surface area contributed by atoms with Crippen LogP contribution in [0, 0.1) is 12.3 Å². The SMILES string of the molecule is C#CCCC(NC)c1cc2sccc2s1. The number of nitrogens with one attached hydrogen (secondary N) is 1. The van der Waals surface area contributed by atoms with E-state index in [4.69, 9.17) is 6.42 Å². The lowest BCUT2D eigenvalue weighted by molar-refractivity contribution is 0.568. The molecule has 2 aromatic heterocycles. The van der Waals surface area contributed by atoms with E-state index in [9.17, 15) is 0 Å². The number of terminal acetylenes is 1. The molecule has 0 aromatic carbocycles. The fourth-order valence-corrected chi connectivity index (χ4v) is 3.88. The summed E-state index contributed by atoms with van der Waals surface area (Å²) in [7, 11) is 2.00. The van der Waals surface area contributed by atoms with Crippen LogP contribution in [0.25, 0.3) is 9.40 Å². The van der Waals surface area contributed by atoms with Crippen molar-refractivity contribution in [2.75, 3.05) is 7.05 Å². The largest absolute Gasteiger partial charge is 0.312 e. The Bertz CT molecular complexity index is 446. The van der Waals surface area contributed by atoms with Gasteiger partial charge in [-0.2, -0.15) is 0 Å². The highest BCUT2D eigenvalue weighted by molar-refractivity contribution is 7.26. The van der Waals surface area contributed by atoms with Gasteiger partial charge in [-0.1, -0.05) is 0 Å². The Morgan fingerprint density at radius 2 is 2.40 bits per heavy atom. The predicted octanol–water partition coefficient (Wildman–Crippen LogP) is 3.64. The molecule has 1 atom stereocenters. The van der Waals surface area contributed by atoms with Crippen molar-refractivity contribution in [2.24, 2.45) is 0 Å². The first-order valence-corrected chi connectivity index (χ1v) is 6.62. The van der Waals surface area contributed by atoms with Crippen LogP contribution in [-0.4, -0.2) is 7.05 Å². The molecule has 0 spiro atoms. The molecule has 1 nitrogen and oxygen atoms in total. The van der Waals surface area contributed by atoms with Crippen molar-refractivity contribution in [1.82, 2.24) is 5.32 Å². The maximum atomic E-state index is 5.29. The molecule has 0 saturated carbocycles. The van der Waals surface area contributed by atoms with E-state index in [1.807, 2.05) is 18.4 Å². The minimum atomic E-state index is 0.408. The summed E-state index contributed by atoms with van der Waals surface area (Å²) in [5, 5.41) is 5.46. The van der Waals surface area contributed by atoms with Gasteiger partial charge < -0.3 is 5.32 Å². The van der Waals surface area contributed by atoms with E-state index >= 15 is 0 Å². The summed E-state index contributed by atoms with van der Waals surface area (Å²) in [6.07, 6.45) is 7.14. The number of rotatable bonds is 4. The van der Waals surface area contributed by atoms with Crippen LogP contribution in [0.2, 0.25) is 0 Å². The van der Waals surface area contributed by atoms with Crippen LogP contribution in [0.1, 0.15) is 23.8 Å². The molecule has 0 aliphatic carbocycles. The third-order valence-electron chi connectivity index (χ3n) is 2.43. The Hall–Kier alpha value is -0.820. The molecule has 0 aliphatic rings. The quantitative estimate of drug-likeness (QED) is 0.798. The van der Waals surface area contributed by atoms with Crippen LogP contribution in [0.15, 0.2) is 17.5 Å². The van der Waals surface area contributed by atoms with E-state index in [0.717, 1.165) is 12.8 Å². The van der Waals surface area contributed by atoms with Crippen LogP contribution in [0.3, 0.4) is 0 Å². The average molecular weight is 235 g/mol. The zero-order chi connectivity index (χ0) is 10.7. The van der Waals surface area contributed by atoms with E-state index < -0.39 is 0 Å². The molecule has 0 bridgehead atoms. The van der Waals surface area contributed by atoms with Crippen molar-refractivity contribution >= 4 is 32.1 Å². The Labute approximate surface area is 98.1 Å². The molecule has 15 heavy (non-hydrogen) atoms. The highest BCUT2D eigenvalue weighted by Crippen LogP contribution is 2.34. The van der Waals surface area contributed by atoms with Crippen LogP contribution >= 0.6 is 22.7 Å². The maximum Gasteiger partial charge on any atom is 0.0454 e. The van der Waals surface area contributed by atoms with Crippen molar-refractivity contribution in [2.45, 2.75) is 18.9 Å². The van der Waals surface area contributed by atoms with Gasteiger partial charge in [-0.05, 0) is 31.0 Å². The topological polar surface area (TPSA) is 12.0 Å². The molecule has 78 valence electrons. The lowest BCUT2D eigenvalue weighted by Gasteiger charge is -2.12. The summed E-state index contributed by atoms with van der Waals surface area (Å²) in [5.41, 5.74) is 0. The molecule has 1 unspecified atom stereocenters. The van der Waals surface area contributed by atoms with E-state index in [-0.39, 0.29) is 0 Å².